The normalized spacial score (nSPS) is 12.3. The number of carbonyl (C=O) groups is 2. The van der Waals surface area contributed by atoms with Gasteiger partial charge in [-0.05, 0) is 24.6 Å². The van der Waals surface area contributed by atoms with Crippen molar-refractivity contribution in [3.8, 4) is 11.5 Å². The Kier molecular flexibility index (Phi) is 6.98. The molecular weight excluding hydrogens is 347 g/mol. The topological polar surface area (TPSA) is 175 Å². The number of rotatable bonds is 8. The molecule has 11 nitrogen and oxygen atoms in total. The number of carboxylic acids is 1. The Bertz CT molecular complexity index is 645. The van der Waals surface area contributed by atoms with Crippen molar-refractivity contribution in [2.75, 3.05) is 6.61 Å². The van der Waals surface area contributed by atoms with Crippen molar-refractivity contribution in [3.63, 3.8) is 0 Å². The van der Waals surface area contributed by atoms with Gasteiger partial charge in [-0.2, -0.15) is 0 Å². The zero-order valence-corrected chi connectivity index (χ0v) is 13.4. The lowest BCUT2D eigenvalue weighted by molar-refractivity contribution is -0.139. The first-order chi connectivity index (χ1) is 11.1. The maximum atomic E-state index is 11.2. The van der Waals surface area contributed by atoms with Crippen LogP contribution in [0, 0.1) is 0 Å². The lowest BCUT2D eigenvalue weighted by Crippen LogP contribution is -2.49. The Balaban J connectivity index is 2.77. The summed E-state index contributed by atoms with van der Waals surface area (Å²) in [5.74, 6) is -2.29. The van der Waals surface area contributed by atoms with E-state index in [9.17, 15) is 19.3 Å². The molecule has 1 amide bonds. The van der Waals surface area contributed by atoms with Crippen LogP contribution in [0.1, 0.15) is 12.5 Å². The summed E-state index contributed by atoms with van der Waals surface area (Å²) in [4.78, 5) is 39.7. The number of amides is 1. The van der Waals surface area contributed by atoms with Crippen LogP contribution in [0.4, 0.5) is 4.79 Å². The van der Waals surface area contributed by atoms with Gasteiger partial charge in [0.05, 0.1) is 6.61 Å². The number of hydrazine groups is 1. The Hall–Kier alpha value is -2.33. The highest BCUT2D eigenvalue weighted by molar-refractivity contribution is 7.46. The standard InChI is InChI=1S/C12H17N2O9P/c1-2-22-12(18)14-13-8(11(16)17)5-7-3-4-10(9(15)6-7)23-24(19,20)21/h3-4,6,8,13,15H,2,5H2,1H3,(H,14,18)(H,16,17)(H2,19,20,21)/t8-/m0/s1. The maximum absolute atomic E-state index is 11.2. The van der Waals surface area contributed by atoms with E-state index in [1.54, 1.807) is 6.92 Å². The molecule has 134 valence electrons. The fourth-order valence-corrected chi connectivity index (χ4v) is 2.05. The molecule has 0 spiro atoms. The molecule has 0 aliphatic heterocycles. The molecule has 0 saturated carbocycles. The molecule has 0 aliphatic carbocycles. The zero-order chi connectivity index (χ0) is 18.3. The van der Waals surface area contributed by atoms with Gasteiger partial charge in [-0.25, -0.2) is 14.8 Å². The third-order valence-corrected chi connectivity index (χ3v) is 3.04. The molecule has 24 heavy (non-hydrogen) atoms. The van der Waals surface area contributed by atoms with Crippen molar-refractivity contribution in [1.82, 2.24) is 10.9 Å². The first-order valence-electron chi connectivity index (χ1n) is 6.60. The highest BCUT2D eigenvalue weighted by Crippen LogP contribution is 2.41. The lowest BCUT2D eigenvalue weighted by Gasteiger charge is -2.16. The number of phenolic OH excluding ortho intramolecular Hbond substituents is 1. The number of nitrogens with one attached hydrogen (secondary N) is 2. The average molecular weight is 364 g/mol. The molecule has 0 radical (unpaired) electrons. The Morgan fingerprint density at radius 3 is 2.50 bits per heavy atom. The minimum atomic E-state index is -4.83. The second-order valence-electron chi connectivity index (χ2n) is 4.47. The van der Waals surface area contributed by atoms with E-state index in [0.29, 0.717) is 5.56 Å². The number of phenols is 1. The molecule has 0 aliphatic rings. The summed E-state index contributed by atoms with van der Waals surface area (Å²) in [5, 5.41) is 18.8. The number of phosphoric acid groups is 1. The van der Waals surface area contributed by atoms with Gasteiger partial charge in [0.25, 0.3) is 0 Å². The van der Waals surface area contributed by atoms with Crippen LogP contribution in [-0.2, 0) is 20.5 Å². The monoisotopic (exact) mass is 364 g/mol. The number of aromatic hydroxyl groups is 1. The van der Waals surface area contributed by atoms with Gasteiger partial charge in [0, 0.05) is 6.42 Å². The van der Waals surface area contributed by atoms with Gasteiger partial charge in [-0.15, -0.1) is 0 Å². The van der Waals surface area contributed by atoms with Crippen LogP contribution >= 0.6 is 7.82 Å². The van der Waals surface area contributed by atoms with Crippen LogP contribution < -0.4 is 15.4 Å². The third-order valence-electron chi connectivity index (χ3n) is 2.60. The third kappa shape index (κ3) is 6.84. The summed E-state index contributed by atoms with van der Waals surface area (Å²) < 4.78 is 19.6. The van der Waals surface area contributed by atoms with E-state index in [4.69, 9.17) is 14.9 Å². The van der Waals surface area contributed by atoms with E-state index < -0.39 is 37.4 Å². The van der Waals surface area contributed by atoms with Crippen molar-refractivity contribution in [2.24, 2.45) is 0 Å². The van der Waals surface area contributed by atoms with E-state index in [0.717, 1.165) is 12.1 Å². The smallest absolute Gasteiger partial charge is 0.504 e. The van der Waals surface area contributed by atoms with Crippen LogP contribution in [0.3, 0.4) is 0 Å². The number of phosphoric ester groups is 1. The second-order valence-corrected chi connectivity index (χ2v) is 5.63. The fourth-order valence-electron chi connectivity index (χ4n) is 1.64. The summed E-state index contributed by atoms with van der Waals surface area (Å²) in [6.45, 7) is 1.69. The number of hydrogen-bond acceptors (Lipinski definition) is 7. The summed E-state index contributed by atoms with van der Waals surface area (Å²) in [5.41, 5.74) is 4.64. The Labute approximate surface area is 136 Å². The molecule has 0 aromatic heterocycles. The minimum absolute atomic E-state index is 0.111. The predicted octanol–water partition coefficient (Wildman–Crippen LogP) is 0.110. The minimum Gasteiger partial charge on any atom is -0.504 e. The van der Waals surface area contributed by atoms with Crippen LogP contribution in [0.2, 0.25) is 0 Å². The molecule has 0 heterocycles. The summed E-state index contributed by atoms with van der Waals surface area (Å²) in [7, 11) is -4.83. The van der Waals surface area contributed by atoms with Crippen LogP contribution in [-0.4, -0.2) is 44.7 Å². The first kappa shape index (κ1) is 19.7. The number of hydrogen-bond donors (Lipinski definition) is 6. The number of ether oxygens (including phenoxy) is 1. The maximum Gasteiger partial charge on any atom is 0.524 e. The Morgan fingerprint density at radius 2 is 2.00 bits per heavy atom. The fraction of sp³-hybridized carbons (Fsp3) is 0.333. The molecule has 0 fully saturated rings. The molecule has 1 atom stereocenters. The zero-order valence-electron chi connectivity index (χ0n) is 12.5. The molecule has 12 heteroatoms. The summed E-state index contributed by atoms with van der Waals surface area (Å²) in [6.07, 6.45) is -0.997. The molecular formula is C12H17N2O9P. The van der Waals surface area contributed by atoms with Crippen molar-refractivity contribution in [1.29, 1.82) is 0 Å². The van der Waals surface area contributed by atoms with E-state index in [-0.39, 0.29) is 13.0 Å². The van der Waals surface area contributed by atoms with E-state index in [1.807, 2.05) is 0 Å². The number of carbonyl (C=O) groups excluding carboxylic acids is 1. The van der Waals surface area contributed by atoms with Crippen molar-refractivity contribution >= 4 is 19.9 Å². The molecule has 1 rings (SSSR count). The van der Waals surface area contributed by atoms with Gasteiger partial charge in [0.15, 0.2) is 11.5 Å². The molecule has 0 bridgehead atoms. The van der Waals surface area contributed by atoms with Gasteiger partial charge in [0.2, 0.25) is 0 Å². The first-order valence-corrected chi connectivity index (χ1v) is 8.13. The number of carboxylic acid groups (broad SMARTS) is 1. The van der Waals surface area contributed by atoms with Gasteiger partial charge in [-0.1, -0.05) is 6.07 Å². The molecule has 6 N–H and O–H groups in total. The second kappa shape index (κ2) is 8.50. The van der Waals surface area contributed by atoms with Crippen molar-refractivity contribution in [3.05, 3.63) is 23.8 Å². The van der Waals surface area contributed by atoms with Crippen LogP contribution in [0.25, 0.3) is 0 Å². The highest BCUT2D eigenvalue weighted by Gasteiger charge is 2.21. The highest BCUT2D eigenvalue weighted by atomic mass is 31.2. The van der Waals surface area contributed by atoms with Crippen molar-refractivity contribution in [2.45, 2.75) is 19.4 Å². The van der Waals surface area contributed by atoms with Gasteiger partial charge in [0.1, 0.15) is 6.04 Å². The number of aliphatic carboxylic acids is 1. The molecule has 1 aromatic rings. The van der Waals surface area contributed by atoms with Gasteiger partial charge in [-0.3, -0.25) is 20.0 Å². The molecule has 1 aromatic carbocycles. The summed E-state index contributed by atoms with van der Waals surface area (Å²) in [6, 6.07) is 2.25. The van der Waals surface area contributed by atoms with E-state index in [1.165, 1.54) is 6.07 Å². The van der Waals surface area contributed by atoms with Crippen LogP contribution in [0.15, 0.2) is 18.2 Å². The van der Waals surface area contributed by atoms with E-state index >= 15 is 0 Å². The molecule has 0 unspecified atom stereocenters. The quantitative estimate of drug-likeness (QED) is 0.274. The van der Waals surface area contributed by atoms with Crippen LogP contribution in [0.5, 0.6) is 11.5 Å². The largest absolute Gasteiger partial charge is 0.524 e. The van der Waals surface area contributed by atoms with Gasteiger partial charge < -0.3 is 19.5 Å². The summed E-state index contributed by atoms with van der Waals surface area (Å²) >= 11 is 0. The Morgan fingerprint density at radius 1 is 1.33 bits per heavy atom. The van der Waals surface area contributed by atoms with E-state index in [2.05, 4.69) is 20.1 Å². The predicted molar refractivity (Wildman–Crippen MR) is 79.2 cm³/mol. The average Bonchev–Trinajstić information content (AvgIpc) is 2.45. The van der Waals surface area contributed by atoms with Gasteiger partial charge >= 0.3 is 19.9 Å². The number of benzene rings is 1. The van der Waals surface area contributed by atoms with Crippen molar-refractivity contribution < 1.29 is 43.4 Å². The lowest BCUT2D eigenvalue weighted by atomic mass is 10.1. The SMILES string of the molecule is CCOC(=O)NN[C@@H](Cc1ccc(OP(=O)(O)O)c(O)c1)C(=O)O. The molecule has 0 saturated heterocycles.